The minimum atomic E-state index is -0.387. The topological polar surface area (TPSA) is 62.2 Å². The van der Waals surface area contributed by atoms with Crippen LogP contribution in [0.4, 0.5) is 0 Å². The molecule has 134 valence electrons. The van der Waals surface area contributed by atoms with Crippen LogP contribution in [-0.2, 0) is 14.3 Å². The summed E-state index contributed by atoms with van der Waals surface area (Å²) >= 11 is 0. The van der Waals surface area contributed by atoms with Crippen LogP contribution < -0.4 is 0 Å². The van der Waals surface area contributed by atoms with Gasteiger partial charge in [0, 0.05) is 39.3 Å². The highest BCUT2D eigenvalue weighted by atomic mass is 16.5. The minimum Gasteiger partial charge on any atom is -0.392 e. The summed E-state index contributed by atoms with van der Waals surface area (Å²) in [7, 11) is 0. The Morgan fingerprint density at radius 1 is 1.26 bits per heavy atom. The zero-order chi connectivity index (χ0) is 16.8. The summed E-state index contributed by atoms with van der Waals surface area (Å²) in [5.41, 5.74) is 0. The van der Waals surface area contributed by atoms with E-state index in [0.29, 0.717) is 26.2 Å². The van der Waals surface area contributed by atoms with Crippen LogP contribution in [0, 0.1) is 5.92 Å². The number of carbonyl (C=O) groups excluding carboxylic acids is 1. The molecule has 2 aliphatic heterocycles. The van der Waals surface area contributed by atoms with Gasteiger partial charge in [0.1, 0.15) is 6.10 Å². The number of hydrogen-bond donors (Lipinski definition) is 1. The third-order valence-corrected chi connectivity index (χ3v) is 4.54. The Morgan fingerprint density at radius 2 is 1.96 bits per heavy atom. The molecule has 0 aromatic rings. The summed E-state index contributed by atoms with van der Waals surface area (Å²) in [6.07, 6.45) is 1.54. The van der Waals surface area contributed by atoms with E-state index in [9.17, 15) is 9.90 Å². The van der Waals surface area contributed by atoms with Crippen LogP contribution in [0.2, 0.25) is 0 Å². The van der Waals surface area contributed by atoms with E-state index in [0.717, 1.165) is 32.5 Å². The largest absolute Gasteiger partial charge is 0.392 e. The third kappa shape index (κ3) is 5.71. The molecule has 6 nitrogen and oxygen atoms in total. The van der Waals surface area contributed by atoms with Crippen LogP contribution in [-0.4, -0.2) is 85.1 Å². The number of nitrogens with zero attached hydrogens (tertiary/aromatic N) is 2. The van der Waals surface area contributed by atoms with Crippen molar-refractivity contribution in [3.63, 3.8) is 0 Å². The lowest BCUT2D eigenvalue weighted by Gasteiger charge is -2.37. The van der Waals surface area contributed by atoms with Gasteiger partial charge in [-0.05, 0) is 25.7 Å². The Balaban J connectivity index is 1.80. The van der Waals surface area contributed by atoms with Crippen molar-refractivity contribution in [2.45, 2.75) is 51.9 Å². The molecular formula is C17H32N2O4. The average Bonchev–Trinajstić information content (AvgIpc) is 3.00. The second kappa shape index (κ2) is 8.97. The third-order valence-electron chi connectivity index (χ3n) is 4.54. The molecule has 6 heteroatoms. The van der Waals surface area contributed by atoms with Crippen molar-refractivity contribution >= 4 is 5.91 Å². The predicted octanol–water partition coefficient (Wildman–Crippen LogP) is 0.732. The Labute approximate surface area is 139 Å². The van der Waals surface area contributed by atoms with Crippen LogP contribution in [0.25, 0.3) is 0 Å². The first-order valence-electron chi connectivity index (χ1n) is 8.89. The van der Waals surface area contributed by atoms with Gasteiger partial charge in [0.05, 0.1) is 18.8 Å². The van der Waals surface area contributed by atoms with Gasteiger partial charge >= 0.3 is 0 Å². The number of aliphatic hydroxyl groups is 1. The first-order chi connectivity index (χ1) is 11.0. The zero-order valence-corrected chi connectivity index (χ0v) is 14.7. The predicted molar refractivity (Wildman–Crippen MR) is 88.3 cm³/mol. The quantitative estimate of drug-likeness (QED) is 0.747. The molecule has 0 bridgehead atoms. The molecule has 2 aliphatic rings. The summed E-state index contributed by atoms with van der Waals surface area (Å²) in [5.74, 6) is 0.245. The number of rotatable bonds is 7. The fraction of sp³-hybridized carbons (Fsp3) is 0.941. The van der Waals surface area contributed by atoms with Crippen molar-refractivity contribution in [1.82, 2.24) is 9.80 Å². The second-order valence-electron chi connectivity index (χ2n) is 7.11. The van der Waals surface area contributed by atoms with E-state index in [-0.39, 0.29) is 30.1 Å². The highest BCUT2D eigenvalue weighted by molar-refractivity contribution is 5.81. The van der Waals surface area contributed by atoms with E-state index >= 15 is 0 Å². The molecule has 0 aliphatic carbocycles. The fourth-order valence-electron chi connectivity index (χ4n) is 3.24. The van der Waals surface area contributed by atoms with Crippen LogP contribution in [0.1, 0.15) is 33.6 Å². The van der Waals surface area contributed by atoms with Gasteiger partial charge in [-0.1, -0.05) is 13.8 Å². The van der Waals surface area contributed by atoms with E-state index in [1.54, 1.807) is 6.92 Å². The fourth-order valence-corrected chi connectivity index (χ4v) is 3.24. The number of β-amino-alcohol motifs (C(OH)–C–C–N with tert-alkyl or cyclic N) is 1. The second-order valence-corrected chi connectivity index (χ2v) is 7.11. The molecule has 1 amide bonds. The molecular weight excluding hydrogens is 296 g/mol. The first kappa shape index (κ1) is 18.6. The minimum absolute atomic E-state index is 0.0923. The molecule has 0 saturated carbocycles. The molecule has 2 rings (SSSR count). The molecule has 1 N–H and O–H groups in total. The smallest absolute Gasteiger partial charge is 0.252 e. The van der Waals surface area contributed by atoms with Crippen molar-refractivity contribution in [3.05, 3.63) is 0 Å². The number of carbonyl (C=O) groups is 1. The summed E-state index contributed by atoms with van der Waals surface area (Å²) in [5, 5.41) is 9.46. The van der Waals surface area contributed by atoms with E-state index < -0.39 is 0 Å². The van der Waals surface area contributed by atoms with Crippen molar-refractivity contribution in [1.29, 1.82) is 0 Å². The Bertz CT molecular complexity index is 362. The normalized spacial score (nSPS) is 25.8. The van der Waals surface area contributed by atoms with E-state index in [2.05, 4.69) is 4.90 Å². The molecule has 0 radical (unpaired) electrons. The number of hydrogen-bond acceptors (Lipinski definition) is 5. The van der Waals surface area contributed by atoms with E-state index in [1.807, 2.05) is 18.7 Å². The molecule has 2 heterocycles. The van der Waals surface area contributed by atoms with Crippen molar-refractivity contribution in [3.8, 4) is 0 Å². The van der Waals surface area contributed by atoms with Gasteiger partial charge in [0.15, 0.2) is 0 Å². The SMILES string of the molecule is CC(C)[C@@H](OC[C@@H]1CCCO1)C(=O)N1CCN(C[C@H](C)O)CC1. The molecule has 0 aromatic heterocycles. The number of amides is 1. The van der Waals surface area contributed by atoms with Crippen molar-refractivity contribution in [2.24, 2.45) is 5.92 Å². The van der Waals surface area contributed by atoms with Gasteiger partial charge in [-0.15, -0.1) is 0 Å². The summed E-state index contributed by atoms with van der Waals surface area (Å²) in [6.45, 7) is 10.9. The van der Waals surface area contributed by atoms with Gasteiger partial charge in [-0.3, -0.25) is 9.69 Å². The Morgan fingerprint density at radius 3 is 2.48 bits per heavy atom. The average molecular weight is 328 g/mol. The molecule has 2 saturated heterocycles. The van der Waals surface area contributed by atoms with Gasteiger partial charge in [0.25, 0.3) is 5.91 Å². The summed E-state index contributed by atoms with van der Waals surface area (Å²) in [6, 6.07) is 0. The molecule has 0 unspecified atom stereocenters. The maximum atomic E-state index is 12.8. The molecule has 2 fully saturated rings. The standard InChI is InChI=1S/C17H32N2O4/c1-13(2)16(23-12-15-5-4-10-22-15)17(21)19-8-6-18(7-9-19)11-14(3)20/h13-16,20H,4-12H2,1-3H3/t14-,15-,16+/m0/s1. The summed E-state index contributed by atoms with van der Waals surface area (Å²) < 4.78 is 11.5. The zero-order valence-electron chi connectivity index (χ0n) is 14.7. The molecule has 0 aromatic carbocycles. The number of piperazine rings is 1. The lowest BCUT2D eigenvalue weighted by atomic mass is 10.1. The Hall–Kier alpha value is -0.690. The van der Waals surface area contributed by atoms with Crippen molar-refractivity contribution in [2.75, 3.05) is 45.9 Å². The van der Waals surface area contributed by atoms with Gasteiger partial charge < -0.3 is 19.5 Å². The highest BCUT2D eigenvalue weighted by Crippen LogP contribution is 2.17. The van der Waals surface area contributed by atoms with Gasteiger partial charge in [-0.25, -0.2) is 0 Å². The maximum absolute atomic E-state index is 12.8. The lowest BCUT2D eigenvalue weighted by Crippen LogP contribution is -2.53. The monoisotopic (exact) mass is 328 g/mol. The summed E-state index contributed by atoms with van der Waals surface area (Å²) in [4.78, 5) is 16.9. The maximum Gasteiger partial charge on any atom is 0.252 e. The van der Waals surface area contributed by atoms with Crippen LogP contribution >= 0.6 is 0 Å². The van der Waals surface area contributed by atoms with Crippen LogP contribution in [0.3, 0.4) is 0 Å². The van der Waals surface area contributed by atoms with E-state index in [1.165, 1.54) is 0 Å². The van der Waals surface area contributed by atoms with Gasteiger partial charge in [0.2, 0.25) is 0 Å². The molecule has 3 atom stereocenters. The molecule has 23 heavy (non-hydrogen) atoms. The number of ether oxygens (including phenoxy) is 2. The van der Waals surface area contributed by atoms with E-state index in [4.69, 9.17) is 9.47 Å². The van der Waals surface area contributed by atoms with Crippen molar-refractivity contribution < 1.29 is 19.4 Å². The van der Waals surface area contributed by atoms with Gasteiger partial charge in [-0.2, -0.15) is 0 Å². The lowest BCUT2D eigenvalue weighted by molar-refractivity contribution is -0.151. The van der Waals surface area contributed by atoms with Crippen LogP contribution in [0.5, 0.6) is 0 Å². The highest BCUT2D eigenvalue weighted by Gasteiger charge is 2.31. The number of aliphatic hydroxyl groups excluding tert-OH is 1. The molecule has 0 spiro atoms. The van der Waals surface area contributed by atoms with Crippen LogP contribution in [0.15, 0.2) is 0 Å². The first-order valence-corrected chi connectivity index (χ1v) is 8.89. The Kier molecular flexibility index (Phi) is 7.27.